The van der Waals surface area contributed by atoms with Crippen molar-refractivity contribution in [3.63, 3.8) is 0 Å². The Bertz CT molecular complexity index is 651. The molecule has 2 rings (SSSR count). The lowest BCUT2D eigenvalue weighted by molar-refractivity contribution is 0.141. The van der Waals surface area contributed by atoms with Crippen molar-refractivity contribution in [3.8, 4) is 0 Å². The van der Waals surface area contributed by atoms with Crippen molar-refractivity contribution in [2.75, 3.05) is 12.3 Å². The average Bonchev–Trinajstić information content (AvgIpc) is 2.52. The second kappa shape index (κ2) is 7.88. The van der Waals surface area contributed by atoms with Crippen LogP contribution in [0.3, 0.4) is 0 Å². The molecule has 1 amide bonds. The molecule has 0 aliphatic rings. The number of nitrogens with one attached hydrogen (secondary N) is 1. The molecule has 0 spiro atoms. The van der Waals surface area contributed by atoms with Crippen LogP contribution in [0.25, 0.3) is 6.08 Å². The number of ether oxygens (including phenoxy) is 1. The van der Waals surface area contributed by atoms with Crippen LogP contribution in [0, 0.1) is 6.92 Å². The molecule has 2 aromatic rings. The number of anilines is 1. The Kier molecular flexibility index (Phi) is 5.60. The van der Waals surface area contributed by atoms with Crippen LogP contribution in [-0.4, -0.2) is 12.6 Å². The van der Waals surface area contributed by atoms with Crippen LogP contribution in [-0.2, 0) is 11.3 Å². The zero-order chi connectivity index (χ0) is 15.8. The van der Waals surface area contributed by atoms with Gasteiger partial charge in [-0.25, -0.2) is 4.79 Å². The standard InChI is InChI=1S/C18H20N2O2/c1-14-12-17(19)10-9-16(14)8-5-11-20-18(21)22-13-15-6-3-2-4-7-15/h2-10,12H,11,13,19H2,1H3,(H,20,21). The van der Waals surface area contributed by atoms with Crippen LogP contribution in [0.4, 0.5) is 10.5 Å². The molecule has 2 aromatic carbocycles. The van der Waals surface area contributed by atoms with E-state index in [1.165, 1.54) is 0 Å². The van der Waals surface area contributed by atoms with E-state index < -0.39 is 6.09 Å². The van der Waals surface area contributed by atoms with Gasteiger partial charge < -0.3 is 15.8 Å². The Hall–Kier alpha value is -2.75. The largest absolute Gasteiger partial charge is 0.445 e. The molecule has 4 nitrogen and oxygen atoms in total. The summed E-state index contributed by atoms with van der Waals surface area (Å²) < 4.78 is 5.12. The summed E-state index contributed by atoms with van der Waals surface area (Å²) in [5.41, 5.74) is 9.59. The molecule has 0 radical (unpaired) electrons. The molecule has 0 aromatic heterocycles. The summed E-state index contributed by atoms with van der Waals surface area (Å²) in [5, 5.41) is 2.68. The summed E-state index contributed by atoms with van der Waals surface area (Å²) in [4.78, 5) is 11.6. The highest BCUT2D eigenvalue weighted by Crippen LogP contribution is 2.13. The Morgan fingerprint density at radius 2 is 2.00 bits per heavy atom. The highest BCUT2D eigenvalue weighted by atomic mass is 16.5. The molecule has 22 heavy (non-hydrogen) atoms. The quantitative estimate of drug-likeness (QED) is 0.830. The fourth-order valence-electron chi connectivity index (χ4n) is 1.99. The van der Waals surface area contributed by atoms with Crippen LogP contribution in [0.15, 0.2) is 54.6 Å². The van der Waals surface area contributed by atoms with Gasteiger partial charge in [-0.3, -0.25) is 0 Å². The highest BCUT2D eigenvalue weighted by Gasteiger charge is 2.00. The molecule has 0 heterocycles. The van der Waals surface area contributed by atoms with Crippen LogP contribution in [0.5, 0.6) is 0 Å². The number of rotatable bonds is 5. The summed E-state index contributed by atoms with van der Waals surface area (Å²) >= 11 is 0. The van der Waals surface area contributed by atoms with E-state index in [4.69, 9.17) is 10.5 Å². The number of hydrogen-bond acceptors (Lipinski definition) is 3. The van der Waals surface area contributed by atoms with Gasteiger partial charge in [-0.05, 0) is 35.7 Å². The summed E-state index contributed by atoms with van der Waals surface area (Å²) in [6.45, 7) is 2.68. The minimum Gasteiger partial charge on any atom is -0.445 e. The molecule has 0 aliphatic carbocycles. The molecule has 114 valence electrons. The molecule has 0 bridgehead atoms. The van der Waals surface area contributed by atoms with Gasteiger partial charge in [-0.1, -0.05) is 48.6 Å². The van der Waals surface area contributed by atoms with E-state index in [0.29, 0.717) is 6.54 Å². The first kappa shape index (κ1) is 15.6. The van der Waals surface area contributed by atoms with Gasteiger partial charge in [-0.15, -0.1) is 0 Å². The van der Waals surface area contributed by atoms with Crippen molar-refractivity contribution in [1.82, 2.24) is 5.32 Å². The van der Waals surface area contributed by atoms with Gasteiger partial charge in [0.1, 0.15) is 6.61 Å². The van der Waals surface area contributed by atoms with Crippen LogP contribution in [0.2, 0.25) is 0 Å². The first-order valence-electron chi connectivity index (χ1n) is 7.12. The Morgan fingerprint density at radius 3 is 2.73 bits per heavy atom. The molecule has 0 aliphatic heterocycles. The average molecular weight is 296 g/mol. The lowest BCUT2D eigenvalue weighted by Gasteiger charge is -2.05. The van der Waals surface area contributed by atoms with Gasteiger partial charge in [0.25, 0.3) is 0 Å². The summed E-state index contributed by atoms with van der Waals surface area (Å²) in [5.74, 6) is 0. The van der Waals surface area contributed by atoms with E-state index in [1.54, 1.807) is 0 Å². The molecule has 0 saturated heterocycles. The summed E-state index contributed by atoms with van der Waals surface area (Å²) in [6, 6.07) is 15.3. The minimum atomic E-state index is -0.428. The lowest BCUT2D eigenvalue weighted by atomic mass is 10.1. The van der Waals surface area contributed by atoms with Crippen molar-refractivity contribution < 1.29 is 9.53 Å². The van der Waals surface area contributed by atoms with Gasteiger partial charge in [0.15, 0.2) is 0 Å². The number of amides is 1. The SMILES string of the molecule is Cc1cc(N)ccc1C=CCNC(=O)OCc1ccccc1. The summed E-state index contributed by atoms with van der Waals surface area (Å²) in [6.07, 6.45) is 3.40. The molecule has 0 unspecified atom stereocenters. The molecule has 4 heteroatoms. The first-order valence-corrected chi connectivity index (χ1v) is 7.12. The third kappa shape index (κ3) is 4.98. The fourth-order valence-corrected chi connectivity index (χ4v) is 1.99. The van der Waals surface area contributed by atoms with Gasteiger partial charge in [0.05, 0.1) is 0 Å². The highest BCUT2D eigenvalue weighted by molar-refractivity contribution is 5.67. The second-order valence-corrected chi connectivity index (χ2v) is 4.96. The van der Waals surface area contributed by atoms with E-state index in [-0.39, 0.29) is 6.61 Å². The van der Waals surface area contributed by atoms with Crippen LogP contribution >= 0.6 is 0 Å². The Labute approximate surface area is 130 Å². The van der Waals surface area contributed by atoms with E-state index >= 15 is 0 Å². The maximum atomic E-state index is 11.6. The fraction of sp³-hybridized carbons (Fsp3) is 0.167. The maximum Gasteiger partial charge on any atom is 0.407 e. The molecule has 0 fully saturated rings. The van der Waals surface area contributed by atoms with Crippen molar-refractivity contribution in [3.05, 3.63) is 71.3 Å². The second-order valence-electron chi connectivity index (χ2n) is 4.96. The lowest BCUT2D eigenvalue weighted by Crippen LogP contribution is -2.24. The molecule has 3 N–H and O–H groups in total. The normalized spacial score (nSPS) is 10.6. The number of carbonyl (C=O) groups excluding carboxylic acids is 1. The Morgan fingerprint density at radius 1 is 1.23 bits per heavy atom. The number of hydrogen-bond donors (Lipinski definition) is 2. The number of aryl methyl sites for hydroxylation is 1. The van der Waals surface area contributed by atoms with E-state index in [2.05, 4.69) is 5.32 Å². The number of nitrogen functional groups attached to an aromatic ring is 1. The summed E-state index contributed by atoms with van der Waals surface area (Å²) in [7, 11) is 0. The van der Waals surface area contributed by atoms with Gasteiger partial charge >= 0.3 is 6.09 Å². The zero-order valence-electron chi connectivity index (χ0n) is 12.6. The van der Waals surface area contributed by atoms with E-state index in [9.17, 15) is 4.79 Å². The molecule has 0 atom stereocenters. The first-order chi connectivity index (χ1) is 10.6. The predicted octanol–water partition coefficient (Wildman–Crippen LogP) is 3.52. The Balaban J connectivity index is 1.73. The van der Waals surface area contributed by atoms with Crippen molar-refractivity contribution in [1.29, 1.82) is 0 Å². The number of carbonyl (C=O) groups is 1. The number of benzene rings is 2. The van der Waals surface area contributed by atoms with Crippen molar-refractivity contribution in [2.24, 2.45) is 0 Å². The topological polar surface area (TPSA) is 64.3 Å². The van der Waals surface area contributed by atoms with Crippen molar-refractivity contribution >= 4 is 17.9 Å². The predicted molar refractivity (Wildman–Crippen MR) is 89.3 cm³/mol. The number of alkyl carbamates (subject to hydrolysis) is 1. The molecule has 0 saturated carbocycles. The van der Waals surface area contributed by atoms with E-state index in [0.717, 1.165) is 22.4 Å². The number of nitrogens with two attached hydrogens (primary N) is 1. The third-order valence-electron chi connectivity index (χ3n) is 3.17. The maximum absolute atomic E-state index is 11.6. The van der Waals surface area contributed by atoms with Crippen molar-refractivity contribution in [2.45, 2.75) is 13.5 Å². The molecular formula is C18H20N2O2. The molecular weight excluding hydrogens is 276 g/mol. The van der Waals surface area contributed by atoms with Gasteiger partial charge in [0, 0.05) is 12.2 Å². The van der Waals surface area contributed by atoms with E-state index in [1.807, 2.05) is 67.6 Å². The van der Waals surface area contributed by atoms with Gasteiger partial charge in [-0.2, -0.15) is 0 Å². The third-order valence-corrected chi connectivity index (χ3v) is 3.17. The smallest absolute Gasteiger partial charge is 0.407 e. The minimum absolute atomic E-state index is 0.271. The zero-order valence-corrected chi connectivity index (χ0v) is 12.6. The monoisotopic (exact) mass is 296 g/mol. The van der Waals surface area contributed by atoms with Gasteiger partial charge in [0.2, 0.25) is 0 Å². The van der Waals surface area contributed by atoms with Crippen LogP contribution < -0.4 is 11.1 Å². The van der Waals surface area contributed by atoms with Crippen LogP contribution in [0.1, 0.15) is 16.7 Å².